The van der Waals surface area contributed by atoms with Crippen LogP contribution in [-0.4, -0.2) is 105 Å². The van der Waals surface area contributed by atoms with E-state index in [0.717, 1.165) is 6.07 Å². The number of aromatic nitrogens is 6. The summed E-state index contributed by atoms with van der Waals surface area (Å²) in [5.41, 5.74) is 7.67. The smallest absolute Gasteiger partial charge is 0.330 e. The number of nitrogen functional groups attached to an aromatic ring is 1. The molecule has 17 heteroatoms. The molecule has 3 N–H and O–H groups in total. The van der Waals surface area contributed by atoms with Gasteiger partial charge in [0.15, 0.2) is 17.1 Å². The number of hydrogen-bond donors (Lipinski definition) is 2. The number of sulfonamides is 1. The Labute approximate surface area is 251 Å². The van der Waals surface area contributed by atoms with Gasteiger partial charge in [0.2, 0.25) is 21.8 Å². The molecule has 4 aromatic heterocycles. The highest BCUT2D eigenvalue weighted by molar-refractivity contribution is 7.89. The van der Waals surface area contributed by atoms with Crippen molar-refractivity contribution in [3.8, 4) is 11.6 Å². The summed E-state index contributed by atoms with van der Waals surface area (Å²) in [6, 6.07) is 7.63. The van der Waals surface area contributed by atoms with E-state index in [4.69, 9.17) is 10.2 Å². The third-order valence-corrected chi connectivity index (χ3v) is 10.2. The van der Waals surface area contributed by atoms with E-state index in [0.29, 0.717) is 99.5 Å². The van der Waals surface area contributed by atoms with Gasteiger partial charge in [0, 0.05) is 72.5 Å². The number of aryl methyl sites for hydroxylation is 1. The number of halogens is 1. The fourth-order valence-corrected chi connectivity index (χ4v) is 7.35. The first-order chi connectivity index (χ1) is 21.2. The highest BCUT2D eigenvalue weighted by Crippen LogP contribution is 2.26. The molecule has 0 aliphatic carbocycles. The van der Waals surface area contributed by atoms with Crippen molar-refractivity contribution in [2.75, 3.05) is 69.5 Å². The highest BCUT2D eigenvalue weighted by atomic mass is 32.2. The van der Waals surface area contributed by atoms with Crippen molar-refractivity contribution in [3.05, 3.63) is 52.9 Å². The van der Waals surface area contributed by atoms with Gasteiger partial charge in [-0.25, -0.2) is 22.6 Å². The molecule has 44 heavy (non-hydrogen) atoms. The number of rotatable bonds is 7. The van der Waals surface area contributed by atoms with Gasteiger partial charge in [-0.3, -0.25) is 14.0 Å². The van der Waals surface area contributed by atoms with Crippen molar-refractivity contribution in [2.45, 2.75) is 11.4 Å². The third kappa shape index (κ3) is 4.81. The molecule has 0 unspecified atom stereocenters. The second kappa shape index (κ2) is 11.0. The number of anilines is 2. The number of fused-ring (bicyclic) bond motifs is 3. The number of piperazine rings is 2. The zero-order valence-corrected chi connectivity index (χ0v) is 24.9. The molecule has 2 aliphatic heterocycles. The number of furan rings is 1. The normalized spacial score (nSPS) is 17.3. The molecule has 0 amide bonds. The Kier molecular flexibility index (Phi) is 7.11. The van der Waals surface area contributed by atoms with Crippen molar-refractivity contribution in [1.29, 1.82) is 0 Å². The first kappa shape index (κ1) is 28.5. The molecule has 2 fully saturated rings. The zero-order valence-electron chi connectivity index (χ0n) is 24.1. The van der Waals surface area contributed by atoms with Crippen LogP contribution < -0.4 is 21.6 Å². The van der Waals surface area contributed by atoms with Crippen LogP contribution >= 0.6 is 0 Å². The lowest BCUT2D eigenvalue weighted by molar-refractivity contribution is 0.247. The van der Waals surface area contributed by atoms with Gasteiger partial charge in [0.05, 0.1) is 16.8 Å². The van der Waals surface area contributed by atoms with Crippen LogP contribution in [0.5, 0.6) is 0 Å². The molecule has 5 aromatic rings. The van der Waals surface area contributed by atoms with Gasteiger partial charge in [0.25, 0.3) is 0 Å². The first-order valence-corrected chi connectivity index (χ1v) is 15.8. The number of benzene rings is 1. The SMILES string of the molecule is Cn1c(=O)n(CCN2CCN(c3ccc(S(=O)(=O)N4CCNCC4)cc3F)CC2)c2nc(N)n3nc(-c4ccco4)nc3c21. The Hall–Kier alpha value is -4.32. The van der Waals surface area contributed by atoms with Gasteiger partial charge in [-0.15, -0.1) is 5.10 Å². The Balaban J connectivity index is 1.05. The molecule has 7 rings (SSSR count). The molecular formula is C27H32FN11O4S. The average molecular weight is 626 g/mol. The maximum absolute atomic E-state index is 15.2. The molecule has 0 atom stereocenters. The lowest BCUT2D eigenvalue weighted by atomic mass is 10.2. The number of imidazole rings is 1. The summed E-state index contributed by atoms with van der Waals surface area (Å²) < 4.78 is 52.4. The van der Waals surface area contributed by atoms with Crippen molar-refractivity contribution in [1.82, 2.24) is 43.2 Å². The maximum Gasteiger partial charge on any atom is 0.330 e. The van der Waals surface area contributed by atoms with E-state index in [1.165, 1.54) is 25.7 Å². The second-order valence-electron chi connectivity index (χ2n) is 10.9. The third-order valence-electron chi connectivity index (χ3n) is 8.30. The van der Waals surface area contributed by atoms with E-state index in [-0.39, 0.29) is 16.5 Å². The van der Waals surface area contributed by atoms with E-state index in [9.17, 15) is 13.2 Å². The predicted octanol–water partition coefficient (Wildman–Crippen LogP) is 0.175. The van der Waals surface area contributed by atoms with Crippen molar-refractivity contribution in [3.63, 3.8) is 0 Å². The van der Waals surface area contributed by atoms with Crippen molar-refractivity contribution >= 4 is 38.5 Å². The molecule has 0 bridgehead atoms. The minimum atomic E-state index is -3.75. The standard InChI is InChI=1S/C27H32FN11O4S/c1-34-22-24(32-26(29)39-25(22)31-23(33-39)21-3-2-16-43-21)38(27(34)40)15-12-35-10-13-36(14-11-35)20-5-4-18(17-19(20)28)44(41,42)37-8-6-30-7-9-37/h2-5,16-17,30H,6-15H2,1H3,(H2,29,32). The van der Waals surface area contributed by atoms with Gasteiger partial charge < -0.3 is 20.4 Å². The van der Waals surface area contributed by atoms with Crippen LogP contribution in [0.4, 0.5) is 16.0 Å². The molecule has 2 saturated heterocycles. The Bertz CT molecular complexity index is 2000. The molecule has 0 saturated carbocycles. The van der Waals surface area contributed by atoms with Gasteiger partial charge in [-0.05, 0) is 30.3 Å². The van der Waals surface area contributed by atoms with Crippen LogP contribution in [0.2, 0.25) is 0 Å². The van der Waals surface area contributed by atoms with Crippen LogP contribution in [0, 0.1) is 5.82 Å². The minimum absolute atomic E-state index is 0.0327. The molecule has 0 spiro atoms. The largest absolute Gasteiger partial charge is 0.461 e. The second-order valence-corrected chi connectivity index (χ2v) is 12.8. The van der Waals surface area contributed by atoms with Crippen LogP contribution in [0.3, 0.4) is 0 Å². The molecule has 1 aromatic carbocycles. The fourth-order valence-electron chi connectivity index (χ4n) is 5.89. The number of nitrogens with two attached hydrogens (primary N) is 1. The van der Waals surface area contributed by atoms with Crippen molar-refractivity contribution in [2.24, 2.45) is 7.05 Å². The Morgan fingerprint density at radius 3 is 2.50 bits per heavy atom. The van der Waals surface area contributed by atoms with E-state index < -0.39 is 15.8 Å². The number of nitrogens with zero attached hydrogens (tertiary/aromatic N) is 9. The highest BCUT2D eigenvalue weighted by Gasteiger charge is 2.28. The van der Waals surface area contributed by atoms with Crippen LogP contribution in [0.1, 0.15) is 0 Å². The van der Waals surface area contributed by atoms with E-state index in [1.807, 2.05) is 4.90 Å². The monoisotopic (exact) mass is 625 g/mol. The van der Waals surface area contributed by atoms with E-state index >= 15 is 4.39 Å². The van der Waals surface area contributed by atoms with Crippen LogP contribution in [0.25, 0.3) is 28.4 Å². The minimum Gasteiger partial charge on any atom is -0.461 e. The lowest BCUT2D eigenvalue weighted by Gasteiger charge is -2.36. The molecule has 15 nitrogen and oxygen atoms in total. The first-order valence-electron chi connectivity index (χ1n) is 14.4. The average Bonchev–Trinajstić information content (AvgIpc) is 3.77. The fraction of sp³-hybridized carbons (Fsp3) is 0.407. The molecule has 232 valence electrons. The quantitative estimate of drug-likeness (QED) is 0.253. The van der Waals surface area contributed by atoms with Gasteiger partial charge in [-0.2, -0.15) is 13.8 Å². The summed E-state index contributed by atoms with van der Waals surface area (Å²) in [5.74, 6) is 0.345. The van der Waals surface area contributed by atoms with Crippen LogP contribution in [-0.2, 0) is 23.6 Å². The summed E-state index contributed by atoms with van der Waals surface area (Å²) in [7, 11) is -2.08. The summed E-state index contributed by atoms with van der Waals surface area (Å²) in [6.07, 6.45) is 1.53. The summed E-state index contributed by atoms with van der Waals surface area (Å²) in [4.78, 5) is 26.4. The molecular weight excluding hydrogens is 593 g/mol. The topological polar surface area (TPSA) is 165 Å². The Morgan fingerprint density at radius 1 is 1.02 bits per heavy atom. The Morgan fingerprint density at radius 2 is 1.80 bits per heavy atom. The summed E-state index contributed by atoms with van der Waals surface area (Å²) >= 11 is 0. The van der Waals surface area contributed by atoms with Gasteiger partial charge >= 0.3 is 5.69 Å². The number of nitrogens with one attached hydrogen (secondary N) is 1. The van der Waals surface area contributed by atoms with E-state index in [2.05, 4.69) is 25.3 Å². The zero-order chi connectivity index (χ0) is 30.6. The maximum atomic E-state index is 15.2. The van der Waals surface area contributed by atoms with Gasteiger partial charge in [0.1, 0.15) is 11.3 Å². The number of hydrogen-bond acceptors (Lipinski definition) is 11. The van der Waals surface area contributed by atoms with E-state index in [1.54, 1.807) is 29.8 Å². The summed E-state index contributed by atoms with van der Waals surface area (Å²) in [6.45, 7) is 5.16. The molecule has 0 radical (unpaired) electrons. The molecule has 2 aliphatic rings. The van der Waals surface area contributed by atoms with Gasteiger partial charge in [-0.1, -0.05) is 0 Å². The van der Waals surface area contributed by atoms with Crippen LogP contribution in [0.15, 0.2) is 50.7 Å². The lowest BCUT2D eigenvalue weighted by Crippen LogP contribution is -2.48. The predicted molar refractivity (Wildman–Crippen MR) is 160 cm³/mol. The van der Waals surface area contributed by atoms with Crippen molar-refractivity contribution < 1.29 is 17.2 Å². The summed E-state index contributed by atoms with van der Waals surface area (Å²) in [5, 5.41) is 7.53. The molecule has 6 heterocycles.